The van der Waals surface area contributed by atoms with E-state index in [1.807, 2.05) is 48.5 Å². The smallest absolute Gasteiger partial charge is 0.416 e. The van der Waals surface area contributed by atoms with Crippen LogP contribution in [0.2, 0.25) is 0 Å². The molecule has 0 aliphatic carbocycles. The number of fused-ring (bicyclic) bond motifs is 1. The minimum absolute atomic E-state index is 0.267. The highest BCUT2D eigenvalue weighted by Crippen LogP contribution is 2.39. The van der Waals surface area contributed by atoms with Crippen LogP contribution in [0.4, 0.5) is 18.9 Å². The average Bonchev–Trinajstić information content (AvgIpc) is 3.30. The van der Waals surface area contributed by atoms with Crippen molar-refractivity contribution in [1.82, 2.24) is 5.01 Å². The summed E-state index contributed by atoms with van der Waals surface area (Å²) in [6.07, 6.45) is -3.93. The topological polar surface area (TPSA) is 46.1 Å². The van der Waals surface area contributed by atoms with Gasteiger partial charge in [0.05, 0.1) is 17.3 Å². The number of rotatable bonds is 3. The van der Waals surface area contributed by atoms with Crippen molar-refractivity contribution in [2.24, 2.45) is 5.10 Å². The Hall–Kier alpha value is -3.59. The second kappa shape index (κ2) is 8.98. The first-order chi connectivity index (χ1) is 16.4. The van der Waals surface area contributed by atoms with Crippen molar-refractivity contribution in [2.75, 3.05) is 18.5 Å². The van der Waals surface area contributed by atoms with Gasteiger partial charge >= 0.3 is 6.18 Å². The third-order valence-electron chi connectivity index (χ3n) is 5.64. The van der Waals surface area contributed by atoms with Crippen molar-refractivity contribution in [3.8, 4) is 11.5 Å². The zero-order valence-corrected chi connectivity index (χ0v) is 18.7. The van der Waals surface area contributed by atoms with Gasteiger partial charge in [-0.2, -0.15) is 18.3 Å². The summed E-state index contributed by atoms with van der Waals surface area (Å²) in [6.45, 7) is 0.959. The van der Waals surface area contributed by atoms with E-state index in [0.29, 0.717) is 47.5 Å². The van der Waals surface area contributed by atoms with Crippen molar-refractivity contribution in [3.63, 3.8) is 0 Å². The van der Waals surface area contributed by atoms with Gasteiger partial charge in [0.25, 0.3) is 0 Å². The number of benzene rings is 3. The highest BCUT2D eigenvalue weighted by atomic mass is 32.1. The molecule has 3 aromatic rings. The first kappa shape index (κ1) is 22.2. The molecule has 34 heavy (non-hydrogen) atoms. The molecular weight excluding hydrogens is 463 g/mol. The van der Waals surface area contributed by atoms with E-state index in [2.05, 4.69) is 5.32 Å². The van der Waals surface area contributed by atoms with Gasteiger partial charge in [-0.25, -0.2) is 5.01 Å². The number of ether oxygens (including phenoxy) is 2. The van der Waals surface area contributed by atoms with Gasteiger partial charge in [0.15, 0.2) is 16.6 Å². The molecular formula is C25H20F3N3O2S. The van der Waals surface area contributed by atoms with E-state index < -0.39 is 11.7 Å². The summed E-state index contributed by atoms with van der Waals surface area (Å²) in [7, 11) is 0. The average molecular weight is 484 g/mol. The van der Waals surface area contributed by atoms with Crippen LogP contribution in [0.1, 0.15) is 29.2 Å². The molecule has 2 heterocycles. The van der Waals surface area contributed by atoms with Gasteiger partial charge in [-0.3, -0.25) is 0 Å². The molecule has 5 nitrogen and oxygen atoms in total. The number of thiocarbonyl (C=S) groups is 1. The Balaban J connectivity index is 1.47. The van der Waals surface area contributed by atoms with Gasteiger partial charge in [-0.1, -0.05) is 36.4 Å². The predicted molar refractivity (Wildman–Crippen MR) is 127 cm³/mol. The van der Waals surface area contributed by atoms with Crippen molar-refractivity contribution in [2.45, 2.75) is 18.6 Å². The zero-order valence-electron chi connectivity index (χ0n) is 17.9. The van der Waals surface area contributed by atoms with Crippen molar-refractivity contribution < 1.29 is 22.6 Å². The number of hydrogen-bond acceptors (Lipinski definition) is 4. The molecule has 0 spiro atoms. The highest BCUT2D eigenvalue weighted by molar-refractivity contribution is 7.80. The van der Waals surface area contributed by atoms with Crippen LogP contribution in [0.3, 0.4) is 0 Å². The molecule has 5 rings (SSSR count). The fourth-order valence-electron chi connectivity index (χ4n) is 3.95. The van der Waals surface area contributed by atoms with Crippen LogP contribution in [-0.2, 0) is 6.18 Å². The van der Waals surface area contributed by atoms with Crippen LogP contribution in [0, 0.1) is 0 Å². The monoisotopic (exact) mass is 483 g/mol. The lowest BCUT2D eigenvalue weighted by Gasteiger charge is -2.26. The lowest BCUT2D eigenvalue weighted by molar-refractivity contribution is -0.137. The van der Waals surface area contributed by atoms with Crippen molar-refractivity contribution in [1.29, 1.82) is 0 Å². The third-order valence-corrected chi connectivity index (χ3v) is 5.93. The predicted octanol–water partition coefficient (Wildman–Crippen LogP) is 6.02. The summed E-state index contributed by atoms with van der Waals surface area (Å²) in [6, 6.07) is 19.9. The summed E-state index contributed by atoms with van der Waals surface area (Å²) in [4.78, 5) is 0. The molecule has 0 saturated heterocycles. The molecule has 0 radical (unpaired) electrons. The molecule has 0 amide bonds. The second-order valence-corrected chi connectivity index (χ2v) is 8.27. The van der Waals surface area contributed by atoms with E-state index in [0.717, 1.165) is 23.4 Å². The number of hydrazone groups is 1. The number of anilines is 1. The maximum Gasteiger partial charge on any atom is 0.416 e. The molecule has 3 aromatic carbocycles. The van der Waals surface area contributed by atoms with E-state index in [9.17, 15) is 13.2 Å². The van der Waals surface area contributed by atoms with Crippen molar-refractivity contribution >= 4 is 28.7 Å². The van der Waals surface area contributed by atoms with Crippen LogP contribution in [0.5, 0.6) is 11.5 Å². The SMILES string of the molecule is FC(F)(F)c1ccc(C2=NN(C(=S)Nc3ccccc3)C(c3ccc4c(c3)OCCO4)C2)cc1. The first-order valence-corrected chi connectivity index (χ1v) is 11.1. The van der Waals surface area contributed by atoms with Crippen LogP contribution >= 0.6 is 12.2 Å². The molecule has 2 aliphatic heterocycles. The Bertz CT molecular complexity index is 1230. The van der Waals surface area contributed by atoms with Gasteiger partial charge in [-0.05, 0) is 59.7 Å². The minimum atomic E-state index is -4.39. The summed E-state index contributed by atoms with van der Waals surface area (Å²) < 4.78 is 50.4. The maximum atomic E-state index is 13.0. The number of para-hydroxylation sites is 1. The Morgan fingerprint density at radius 3 is 2.35 bits per heavy atom. The first-order valence-electron chi connectivity index (χ1n) is 10.7. The van der Waals surface area contributed by atoms with Gasteiger partial charge < -0.3 is 14.8 Å². The Labute approximate surface area is 199 Å². The van der Waals surface area contributed by atoms with Crippen LogP contribution < -0.4 is 14.8 Å². The Kier molecular flexibility index (Phi) is 5.87. The van der Waals surface area contributed by atoms with Gasteiger partial charge in [0.1, 0.15) is 13.2 Å². The molecule has 1 N–H and O–H groups in total. The summed E-state index contributed by atoms with van der Waals surface area (Å²) in [5, 5.41) is 9.98. The molecule has 1 unspecified atom stereocenters. The zero-order chi connectivity index (χ0) is 23.7. The van der Waals surface area contributed by atoms with E-state index in [-0.39, 0.29) is 6.04 Å². The largest absolute Gasteiger partial charge is 0.486 e. The molecule has 0 bridgehead atoms. The second-order valence-electron chi connectivity index (χ2n) is 7.89. The summed E-state index contributed by atoms with van der Waals surface area (Å²) >= 11 is 5.67. The standard InChI is InChI=1S/C25H20F3N3O2S/c26-25(27,28)18-9-6-16(7-10-18)20-15-21(17-8-11-22-23(14-17)33-13-12-32-22)31(30-20)24(34)29-19-4-2-1-3-5-19/h1-11,14,21H,12-13,15H2,(H,29,34). The number of alkyl halides is 3. The van der Waals surface area contributed by atoms with E-state index >= 15 is 0 Å². The fourth-order valence-corrected chi connectivity index (χ4v) is 4.24. The van der Waals surface area contributed by atoms with Gasteiger partial charge in [-0.15, -0.1) is 0 Å². The molecule has 2 aliphatic rings. The van der Waals surface area contributed by atoms with Gasteiger partial charge in [0, 0.05) is 12.1 Å². The van der Waals surface area contributed by atoms with Crippen molar-refractivity contribution in [3.05, 3.63) is 89.5 Å². The van der Waals surface area contributed by atoms with E-state index in [1.165, 1.54) is 12.1 Å². The number of halogens is 3. The molecule has 9 heteroatoms. The molecule has 0 aromatic heterocycles. The fraction of sp³-hybridized carbons (Fsp3) is 0.200. The van der Waals surface area contributed by atoms with E-state index in [4.69, 9.17) is 26.8 Å². The minimum Gasteiger partial charge on any atom is -0.486 e. The van der Waals surface area contributed by atoms with Gasteiger partial charge in [0.2, 0.25) is 0 Å². The number of nitrogens with one attached hydrogen (secondary N) is 1. The highest BCUT2D eigenvalue weighted by Gasteiger charge is 2.34. The molecule has 1 atom stereocenters. The van der Waals surface area contributed by atoms with Crippen LogP contribution in [0.25, 0.3) is 0 Å². The maximum absolute atomic E-state index is 13.0. The molecule has 0 saturated carbocycles. The van der Waals surface area contributed by atoms with E-state index in [1.54, 1.807) is 5.01 Å². The molecule has 174 valence electrons. The van der Waals surface area contributed by atoms with Crippen LogP contribution in [-0.4, -0.2) is 29.0 Å². The van der Waals surface area contributed by atoms with Crippen LogP contribution in [0.15, 0.2) is 77.9 Å². The Morgan fingerprint density at radius 2 is 1.65 bits per heavy atom. The normalized spacial score (nSPS) is 17.3. The molecule has 0 fully saturated rings. The third kappa shape index (κ3) is 4.56. The number of nitrogens with zero attached hydrogens (tertiary/aromatic N) is 2. The lowest BCUT2D eigenvalue weighted by atomic mass is 9.97. The summed E-state index contributed by atoms with van der Waals surface area (Å²) in [5.74, 6) is 1.32. The lowest BCUT2D eigenvalue weighted by Crippen LogP contribution is -2.31. The quantitative estimate of drug-likeness (QED) is 0.462. The number of hydrogen-bond donors (Lipinski definition) is 1. The Morgan fingerprint density at radius 1 is 0.941 bits per heavy atom. The summed E-state index contributed by atoms with van der Waals surface area (Å²) in [5.41, 5.74) is 2.28.